The number of benzene rings is 1. The van der Waals surface area contributed by atoms with Gasteiger partial charge in [0.05, 0.1) is 17.4 Å². The number of ether oxygens (including phenoxy) is 1. The molecule has 0 aliphatic carbocycles. The van der Waals surface area contributed by atoms with E-state index in [2.05, 4.69) is 20.1 Å². The van der Waals surface area contributed by atoms with Crippen LogP contribution in [0.2, 0.25) is 5.02 Å². The number of hydrogen-bond acceptors (Lipinski definition) is 5. The van der Waals surface area contributed by atoms with Gasteiger partial charge in [0.2, 0.25) is 5.95 Å². The van der Waals surface area contributed by atoms with Gasteiger partial charge in [0.25, 0.3) is 0 Å². The molecule has 1 aliphatic heterocycles. The average Bonchev–Trinajstić information content (AvgIpc) is 2.51. The molecule has 5 nitrogen and oxygen atoms in total. The summed E-state index contributed by atoms with van der Waals surface area (Å²) in [6.45, 7) is 1.72. The van der Waals surface area contributed by atoms with E-state index in [1.54, 1.807) is 12.4 Å². The highest BCUT2D eigenvalue weighted by Crippen LogP contribution is 2.27. The Bertz CT molecular complexity index is 558. The lowest BCUT2D eigenvalue weighted by molar-refractivity contribution is 0.170. The van der Waals surface area contributed by atoms with Crippen LogP contribution in [0.5, 0.6) is 5.75 Å². The van der Waals surface area contributed by atoms with Crippen LogP contribution in [-0.4, -0.2) is 34.4 Å². The fourth-order valence-electron chi connectivity index (χ4n) is 2.28. The maximum absolute atomic E-state index is 6.10. The minimum absolute atomic E-state index is 0.183. The van der Waals surface area contributed by atoms with Crippen molar-refractivity contribution in [2.24, 2.45) is 0 Å². The molecule has 0 unspecified atom stereocenters. The Hall–Kier alpha value is -1.88. The second-order valence-corrected chi connectivity index (χ2v) is 5.08. The molecule has 1 aliphatic rings. The van der Waals surface area contributed by atoms with E-state index in [0.29, 0.717) is 11.0 Å². The van der Waals surface area contributed by atoms with Crippen molar-refractivity contribution in [1.29, 1.82) is 0 Å². The SMILES string of the molecule is Clc1ccccc1OC1CCN(c2nccnn2)CC1. The molecule has 1 fully saturated rings. The number of rotatable bonds is 3. The van der Waals surface area contributed by atoms with Crippen LogP contribution in [0.15, 0.2) is 36.7 Å². The number of piperidine rings is 1. The van der Waals surface area contributed by atoms with Crippen LogP contribution >= 0.6 is 11.6 Å². The Kier molecular flexibility index (Phi) is 3.97. The van der Waals surface area contributed by atoms with E-state index >= 15 is 0 Å². The highest BCUT2D eigenvalue weighted by Gasteiger charge is 2.22. The van der Waals surface area contributed by atoms with Crippen molar-refractivity contribution in [3.63, 3.8) is 0 Å². The third-order valence-electron chi connectivity index (χ3n) is 3.33. The highest BCUT2D eigenvalue weighted by molar-refractivity contribution is 6.32. The summed E-state index contributed by atoms with van der Waals surface area (Å²) in [7, 11) is 0. The average molecular weight is 291 g/mol. The lowest BCUT2D eigenvalue weighted by atomic mass is 10.1. The van der Waals surface area contributed by atoms with Gasteiger partial charge < -0.3 is 9.64 Å². The van der Waals surface area contributed by atoms with Crippen LogP contribution in [-0.2, 0) is 0 Å². The highest BCUT2D eigenvalue weighted by atomic mass is 35.5. The Balaban J connectivity index is 1.58. The topological polar surface area (TPSA) is 51.1 Å². The Morgan fingerprint density at radius 3 is 2.65 bits per heavy atom. The second-order valence-electron chi connectivity index (χ2n) is 4.68. The first-order chi connectivity index (χ1) is 9.83. The first kappa shape index (κ1) is 13.1. The van der Waals surface area contributed by atoms with Gasteiger partial charge in [0, 0.05) is 25.9 Å². The van der Waals surface area contributed by atoms with E-state index in [-0.39, 0.29) is 6.10 Å². The lowest BCUT2D eigenvalue weighted by Gasteiger charge is -2.31. The first-order valence-electron chi connectivity index (χ1n) is 6.63. The Labute approximate surface area is 122 Å². The molecule has 3 rings (SSSR count). The lowest BCUT2D eigenvalue weighted by Crippen LogP contribution is -2.39. The number of anilines is 1. The number of nitrogens with zero attached hydrogens (tertiary/aromatic N) is 4. The summed E-state index contributed by atoms with van der Waals surface area (Å²) in [5.74, 6) is 1.44. The Morgan fingerprint density at radius 2 is 1.95 bits per heavy atom. The molecule has 6 heteroatoms. The molecule has 2 aromatic rings. The van der Waals surface area contributed by atoms with Gasteiger partial charge in [-0.1, -0.05) is 23.7 Å². The molecule has 0 saturated carbocycles. The van der Waals surface area contributed by atoms with E-state index in [0.717, 1.165) is 31.7 Å². The number of halogens is 1. The van der Waals surface area contributed by atoms with Crippen LogP contribution in [0, 0.1) is 0 Å². The molecule has 0 N–H and O–H groups in total. The van der Waals surface area contributed by atoms with E-state index in [1.165, 1.54) is 0 Å². The van der Waals surface area contributed by atoms with Crippen LogP contribution in [0.4, 0.5) is 5.95 Å². The number of para-hydroxylation sites is 1. The van der Waals surface area contributed by atoms with E-state index < -0.39 is 0 Å². The van der Waals surface area contributed by atoms with Crippen molar-refractivity contribution in [1.82, 2.24) is 15.2 Å². The molecule has 1 saturated heterocycles. The summed E-state index contributed by atoms with van der Waals surface area (Å²) in [4.78, 5) is 6.34. The molecule has 0 atom stereocenters. The molecular formula is C14H15ClN4O. The van der Waals surface area contributed by atoms with Gasteiger partial charge in [-0.25, -0.2) is 4.98 Å². The predicted molar refractivity (Wildman–Crippen MR) is 77.1 cm³/mol. The van der Waals surface area contributed by atoms with Gasteiger partial charge in [-0.3, -0.25) is 0 Å². The largest absolute Gasteiger partial charge is 0.489 e. The zero-order chi connectivity index (χ0) is 13.8. The van der Waals surface area contributed by atoms with Crippen LogP contribution in [0.1, 0.15) is 12.8 Å². The van der Waals surface area contributed by atoms with Crippen molar-refractivity contribution in [2.75, 3.05) is 18.0 Å². The van der Waals surface area contributed by atoms with Gasteiger partial charge >= 0.3 is 0 Å². The summed E-state index contributed by atoms with van der Waals surface area (Å²) >= 11 is 6.10. The van der Waals surface area contributed by atoms with E-state index in [4.69, 9.17) is 16.3 Å². The summed E-state index contributed by atoms with van der Waals surface area (Å²) in [6.07, 6.45) is 5.26. The van der Waals surface area contributed by atoms with Crippen molar-refractivity contribution in [3.05, 3.63) is 41.7 Å². The molecule has 1 aromatic heterocycles. The monoisotopic (exact) mass is 290 g/mol. The van der Waals surface area contributed by atoms with Gasteiger partial charge in [-0.05, 0) is 12.1 Å². The van der Waals surface area contributed by atoms with E-state index in [1.807, 2.05) is 24.3 Å². The smallest absolute Gasteiger partial charge is 0.245 e. The first-order valence-corrected chi connectivity index (χ1v) is 7.00. The van der Waals surface area contributed by atoms with Gasteiger partial charge in [-0.2, -0.15) is 5.10 Å². The quantitative estimate of drug-likeness (QED) is 0.869. The second kappa shape index (κ2) is 6.05. The maximum atomic E-state index is 6.10. The molecular weight excluding hydrogens is 276 g/mol. The van der Waals surface area contributed by atoms with Crippen LogP contribution in [0.3, 0.4) is 0 Å². The van der Waals surface area contributed by atoms with Crippen molar-refractivity contribution >= 4 is 17.5 Å². The van der Waals surface area contributed by atoms with Crippen molar-refractivity contribution < 1.29 is 4.74 Å². The van der Waals surface area contributed by atoms with E-state index in [9.17, 15) is 0 Å². The maximum Gasteiger partial charge on any atom is 0.245 e. The van der Waals surface area contributed by atoms with Gasteiger partial charge in [0.15, 0.2) is 0 Å². The fraction of sp³-hybridized carbons (Fsp3) is 0.357. The fourth-order valence-corrected chi connectivity index (χ4v) is 2.46. The summed E-state index contributed by atoms with van der Waals surface area (Å²) < 4.78 is 5.96. The number of aromatic nitrogens is 3. The molecule has 2 heterocycles. The molecule has 20 heavy (non-hydrogen) atoms. The van der Waals surface area contributed by atoms with Crippen molar-refractivity contribution in [2.45, 2.75) is 18.9 Å². The molecule has 104 valence electrons. The van der Waals surface area contributed by atoms with Crippen LogP contribution in [0.25, 0.3) is 0 Å². The standard InChI is InChI=1S/C14H15ClN4O/c15-12-3-1-2-4-13(12)20-11-5-9-19(10-6-11)14-16-7-8-17-18-14/h1-4,7-8,11H,5-6,9-10H2. The van der Waals surface area contributed by atoms with Crippen molar-refractivity contribution in [3.8, 4) is 5.75 Å². The third kappa shape index (κ3) is 2.99. The molecule has 0 radical (unpaired) electrons. The molecule has 0 bridgehead atoms. The van der Waals surface area contributed by atoms with Gasteiger partial charge in [-0.15, -0.1) is 5.10 Å². The van der Waals surface area contributed by atoms with Gasteiger partial charge in [0.1, 0.15) is 11.9 Å². The molecule has 0 spiro atoms. The molecule has 1 aromatic carbocycles. The minimum Gasteiger partial charge on any atom is -0.489 e. The Morgan fingerprint density at radius 1 is 1.15 bits per heavy atom. The predicted octanol–water partition coefficient (Wildman–Crippen LogP) is 2.57. The summed E-state index contributed by atoms with van der Waals surface area (Å²) in [5.41, 5.74) is 0. The van der Waals surface area contributed by atoms with Crippen LogP contribution < -0.4 is 9.64 Å². The summed E-state index contributed by atoms with van der Waals surface area (Å²) in [6, 6.07) is 7.58. The summed E-state index contributed by atoms with van der Waals surface area (Å²) in [5, 5.41) is 8.54. The number of hydrogen-bond donors (Lipinski definition) is 0. The zero-order valence-corrected chi connectivity index (χ0v) is 11.7. The third-order valence-corrected chi connectivity index (χ3v) is 3.64. The normalized spacial score (nSPS) is 16.1. The minimum atomic E-state index is 0.183. The zero-order valence-electron chi connectivity index (χ0n) is 10.9. The molecule has 0 amide bonds.